The van der Waals surface area contributed by atoms with Gasteiger partial charge in [-0.05, 0) is 30.7 Å². The predicted molar refractivity (Wildman–Crippen MR) is 80.9 cm³/mol. The third kappa shape index (κ3) is 2.39. The van der Waals surface area contributed by atoms with Crippen molar-refractivity contribution < 1.29 is 9.84 Å². The Morgan fingerprint density at radius 3 is 2.80 bits per heavy atom. The van der Waals surface area contributed by atoms with Crippen LogP contribution in [0, 0.1) is 0 Å². The lowest BCUT2D eigenvalue weighted by Gasteiger charge is -2.42. The zero-order valence-electron chi connectivity index (χ0n) is 12.1. The van der Waals surface area contributed by atoms with Gasteiger partial charge >= 0.3 is 0 Å². The lowest BCUT2D eigenvalue weighted by atomic mass is 9.98. The normalized spacial score (nSPS) is 19.3. The maximum Gasteiger partial charge on any atom is 0.120 e. The molecule has 0 unspecified atom stereocenters. The van der Waals surface area contributed by atoms with E-state index in [-0.39, 0.29) is 5.54 Å². The second kappa shape index (κ2) is 5.08. The van der Waals surface area contributed by atoms with Gasteiger partial charge in [-0.2, -0.15) is 0 Å². The van der Waals surface area contributed by atoms with E-state index in [1.165, 1.54) is 5.39 Å². The molecule has 3 nitrogen and oxygen atoms in total. The molecule has 0 atom stereocenters. The summed E-state index contributed by atoms with van der Waals surface area (Å²) in [6.07, 6.45) is 0. The number of benzene rings is 2. The minimum absolute atomic E-state index is 0.00162. The Morgan fingerprint density at radius 2 is 2.00 bits per heavy atom. The van der Waals surface area contributed by atoms with Gasteiger partial charge in [0, 0.05) is 24.2 Å². The number of hydrogen-bond acceptors (Lipinski definition) is 3. The molecular formula is C17H21NO2. The van der Waals surface area contributed by atoms with Gasteiger partial charge in [-0.15, -0.1) is 0 Å². The van der Waals surface area contributed by atoms with Crippen molar-refractivity contribution in [3.63, 3.8) is 0 Å². The fourth-order valence-electron chi connectivity index (χ4n) is 2.87. The second-order valence-electron chi connectivity index (χ2n) is 6.07. The van der Waals surface area contributed by atoms with Gasteiger partial charge in [-0.25, -0.2) is 0 Å². The van der Waals surface area contributed by atoms with Crippen molar-refractivity contribution in [3.05, 3.63) is 42.0 Å². The molecule has 3 rings (SSSR count). The summed E-state index contributed by atoms with van der Waals surface area (Å²) in [5.41, 5.74) is 1.01. The fourth-order valence-corrected chi connectivity index (χ4v) is 2.87. The molecule has 0 spiro atoms. The van der Waals surface area contributed by atoms with Crippen molar-refractivity contribution in [2.45, 2.75) is 25.9 Å². The number of fused-ring (bicyclic) bond motifs is 1. The van der Waals surface area contributed by atoms with E-state index in [1.54, 1.807) is 6.07 Å². The summed E-state index contributed by atoms with van der Waals surface area (Å²) in [4.78, 5) is 2.39. The van der Waals surface area contributed by atoms with Crippen LogP contribution in [0.15, 0.2) is 36.4 Å². The van der Waals surface area contributed by atoms with Gasteiger partial charge in [0.15, 0.2) is 0 Å². The molecule has 0 aliphatic carbocycles. The molecule has 1 heterocycles. The van der Waals surface area contributed by atoms with Crippen molar-refractivity contribution >= 4 is 10.8 Å². The third-order valence-electron chi connectivity index (χ3n) is 4.18. The zero-order valence-corrected chi connectivity index (χ0v) is 12.1. The highest BCUT2D eigenvalue weighted by Crippen LogP contribution is 2.31. The van der Waals surface area contributed by atoms with Crippen molar-refractivity contribution in [1.82, 2.24) is 4.90 Å². The molecule has 2 aromatic rings. The quantitative estimate of drug-likeness (QED) is 0.910. The number of hydrogen-bond donors (Lipinski definition) is 1. The van der Waals surface area contributed by atoms with E-state index < -0.39 is 0 Å². The SMILES string of the molecule is CC1(C)COCCN1Cc1c(O)ccc2ccccc12. The molecule has 0 saturated carbocycles. The highest BCUT2D eigenvalue weighted by Gasteiger charge is 2.31. The molecule has 1 saturated heterocycles. The van der Waals surface area contributed by atoms with Gasteiger partial charge in [0.1, 0.15) is 5.75 Å². The van der Waals surface area contributed by atoms with Crippen LogP contribution < -0.4 is 0 Å². The molecule has 0 amide bonds. The van der Waals surface area contributed by atoms with Crippen LogP contribution in [0.5, 0.6) is 5.75 Å². The van der Waals surface area contributed by atoms with Crippen molar-refractivity contribution in [2.75, 3.05) is 19.8 Å². The third-order valence-corrected chi connectivity index (χ3v) is 4.18. The van der Waals surface area contributed by atoms with E-state index in [1.807, 2.05) is 18.2 Å². The van der Waals surface area contributed by atoms with Crippen molar-refractivity contribution in [3.8, 4) is 5.75 Å². The van der Waals surface area contributed by atoms with Crippen LogP contribution in [0.4, 0.5) is 0 Å². The molecule has 20 heavy (non-hydrogen) atoms. The van der Waals surface area contributed by atoms with Crippen LogP contribution >= 0.6 is 0 Å². The van der Waals surface area contributed by atoms with Crippen LogP contribution in [0.1, 0.15) is 19.4 Å². The Kier molecular flexibility index (Phi) is 3.40. The first kappa shape index (κ1) is 13.4. The molecule has 2 aromatic carbocycles. The molecule has 1 aliphatic heterocycles. The number of rotatable bonds is 2. The molecule has 0 bridgehead atoms. The molecular weight excluding hydrogens is 250 g/mol. The smallest absolute Gasteiger partial charge is 0.120 e. The number of nitrogens with zero attached hydrogens (tertiary/aromatic N) is 1. The fraction of sp³-hybridized carbons (Fsp3) is 0.412. The average Bonchev–Trinajstić information content (AvgIpc) is 2.43. The molecule has 1 fully saturated rings. The Bertz CT molecular complexity index is 621. The van der Waals surface area contributed by atoms with Crippen molar-refractivity contribution in [1.29, 1.82) is 0 Å². The van der Waals surface area contributed by atoms with Gasteiger partial charge in [-0.3, -0.25) is 4.90 Å². The number of aromatic hydroxyl groups is 1. The highest BCUT2D eigenvalue weighted by molar-refractivity contribution is 5.87. The number of phenols is 1. The molecule has 106 valence electrons. The monoisotopic (exact) mass is 271 g/mol. The Labute approximate surface area is 119 Å². The Hall–Kier alpha value is -1.58. The van der Waals surface area contributed by atoms with Crippen LogP contribution in [0.25, 0.3) is 10.8 Å². The van der Waals surface area contributed by atoms with E-state index in [2.05, 4.69) is 30.9 Å². The topological polar surface area (TPSA) is 32.7 Å². The molecule has 1 aliphatic rings. The zero-order chi connectivity index (χ0) is 14.2. The summed E-state index contributed by atoms with van der Waals surface area (Å²) in [6.45, 7) is 7.52. The minimum Gasteiger partial charge on any atom is -0.508 e. The molecule has 0 radical (unpaired) electrons. The van der Waals surface area contributed by atoms with Gasteiger partial charge in [0.05, 0.1) is 13.2 Å². The van der Waals surface area contributed by atoms with Gasteiger partial charge in [0.25, 0.3) is 0 Å². The highest BCUT2D eigenvalue weighted by atomic mass is 16.5. The minimum atomic E-state index is 0.00162. The largest absolute Gasteiger partial charge is 0.508 e. The molecule has 1 N–H and O–H groups in total. The number of ether oxygens (including phenoxy) is 1. The second-order valence-corrected chi connectivity index (χ2v) is 6.07. The van der Waals surface area contributed by atoms with E-state index in [9.17, 15) is 5.11 Å². The van der Waals surface area contributed by atoms with Crippen LogP contribution in [0.2, 0.25) is 0 Å². The van der Waals surface area contributed by atoms with E-state index in [0.717, 1.165) is 37.3 Å². The standard InChI is InChI=1S/C17H21NO2/c1-17(2)12-20-10-9-18(17)11-15-14-6-4-3-5-13(14)7-8-16(15)19/h3-8,19H,9-12H2,1-2H3. The van der Waals surface area contributed by atoms with Crippen LogP contribution in [0.3, 0.4) is 0 Å². The first-order valence-electron chi connectivity index (χ1n) is 7.10. The first-order chi connectivity index (χ1) is 9.58. The number of phenolic OH excluding ortho intramolecular Hbond substituents is 1. The van der Waals surface area contributed by atoms with Crippen molar-refractivity contribution in [2.24, 2.45) is 0 Å². The van der Waals surface area contributed by atoms with E-state index in [0.29, 0.717) is 5.75 Å². The Morgan fingerprint density at radius 1 is 1.20 bits per heavy atom. The summed E-state index contributed by atoms with van der Waals surface area (Å²) in [5, 5.41) is 12.6. The first-order valence-corrected chi connectivity index (χ1v) is 7.10. The number of morpholine rings is 1. The summed E-state index contributed by atoms with van der Waals surface area (Å²) in [5.74, 6) is 0.381. The predicted octanol–water partition coefficient (Wildman–Crippen LogP) is 3.16. The van der Waals surface area contributed by atoms with E-state index >= 15 is 0 Å². The maximum atomic E-state index is 10.3. The summed E-state index contributed by atoms with van der Waals surface area (Å²) in [6, 6.07) is 12.0. The van der Waals surface area contributed by atoms with Crippen LogP contribution in [-0.4, -0.2) is 35.3 Å². The lowest BCUT2D eigenvalue weighted by Crippen LogP contribution is -2.52. The maximum absolute atomic E-state index is 10.3. The Balaban J connectivity index is 2.00. The van der Waals surface area contributed by atoms with E-state index in [4.69, 9.17) is 4.74 Å². The van der Waals surface area contributed by atoms with Gasteiger partial charge in [0.2, 0.25) is 0 Å². The summed E-state index contributed by atoms with van der Waals surface area (Å²) < 4.78 is 5.57. The summed E-state index contributed by atoms with van der Waals surface area (Å²) >= 11 is 0. The average molecular weight is 271 g/mol. The van der Waals surface area contributed by atoms with Gasteiger partial charge < -0.3 is 9.84 Å². The molecule has 3 heteroatoms. The van der Waals surface area contributed by atoms with Crippen LogP contribution in [-0.2, 0) is 11.3 Å². The lowest BCUT2D eigenvalue weighted by molar-refractivity contribution is -0.0553. The van der Waals surface area contributed by atoms with Gasteiger partial charge in [-0.1, -0.05) is 30.3 Å². The molecule has 0 aromatic heterocycles. The summed E-state index contributed by atoms with van der Waals surface area (Å²) in [7, 11) is 0.